The van der Waals surface area contributed by atoms with Gasteiger partial charge in [0.25, 0.3) is 0 Å². The molecule has 0 aliphatic carbocycles. The molecule has 0 bridgehead atoms. The molecule has 1 atom stereocenters. The Balaban J connectivity index is 2.53. The quantitative estimate of drug-likeness (QED) is 0.825. The van der Waals surface area contributed by atoms with Crippen LogP contribution >= 0.6 is 11.6 Å². The van der Waals surface area contributed by atoms with Crippen LogP contribution in [0, 0.1) is 5.92 Å². The number of aromatic nitrogens is 2. The van der Waals surface area contributed by atoms with Crippen LogP contribution in [0.4, 0.5) is 0 Å². The molecule has 1 aromatic heterocycles. The molecule has 0 saturated carbocycles. The van der Waals surface area contributed by atoms with Gasteiger partial charge >= 0.3 is 0 Å². The van der Waals surface area contributed by atoms with E-state index in [9.17, 15) is 0 Å². The maximum absolute atomic E-state index is 6.36. The molecule has 1 heterocycles. The van der Waals surface area contributed by atoms with Crippen molar-refractivity contribution < 1.29 is 0 Å². The molecule has 0 radical (unpaired) electrons. The van der Waals surface area contributed by atoms with Crippen LogP contribution in [0.1, 0.15) is 45.5 Å². The number of aryl methyl sites for hydroxylation is 2. The molecule has 0 aromatic carbocycles. The second kappa shape index (κ2) is 7.15. The number of hydrogen-bond acceptors (Lipinski definition) is 2. The predicted octanol–water partition coefficient (Wildman–Crippen LogP) is 3.20. The fourth-order valence-electron chi connectivity index (χ4n) is 2.09. The average Bonchev–Trinajstić information content (AvgIpc) is 2.56. The molecule has 104 valence electrons. The first kappa shape index (κ1) is 15.5. The van der Waals surface area contributed by atoms with E-state index >= 15 is 0 Å². The van der Waals surface area contributed by atoms with E-state index in [1.165, 1.54) is 12.1 Å². The Labute approximate surface area is 116 Å². The summed E-state index contributed by atoms with van der Waals surface area (Å²) in [5, 5.41) is 8.78. The molecule has 0 amide bonds. The van der Waals surface area contributed by atoms with Crippen LogP contribution in [-0.2, 0) is 19.9 Å². The Morgan fingerprint density at radius 2 is 2.00 bits per heavy atom. The van der Waals surface area contributed by atoms with Crippen molar-refractivity contribution in [3.63, 3.8) is 0 Å². The Morgan fingerprint density at radius 3 is 2.50 bits per heavy atom. The molecule has 1 N–H and O–H groups in total. The van der Waals surface area contributed by atoms with Gasteiger partial charge in [-0.2, -0.15) is 5.10 Å². The second-order valence-electron chi connectivity index (χ2n) is 5.39. The lowest BCUT2D eigenvalue weighted by Crippen LogP contribution is -2.25. The van der Waals surface area contributed by atoms with Crippen LogP contribution in [0.25, 0.3) is 0 Å². The van der Waals surface area contributed by atoms with Crippen molar-refractivity contribution in [2.24, 2.45) is 13.0 Å². The molecule has 18 heavy (non-hydrogen) atoms. The molecule has 0 fully saturated rings. The van der Waals surface area contributed by atoms with E-state index in [2.05, 4.69) is 38.1 Å². The number of nitrogens with one attached hydrogen (secondary N) is 1. The summed E-state index contributed by atoms with van der Waals surface area (Å²) in [4.78, 5) is 0. The second-order valence-corrected chi connectivity index (χ2v) is 5.77. The van der Waals surface area contributed by atoms with Crippen molar-refractivity contribution >= 4 is 11.6 Å². The molecule has 1 rings (SSSR count). The summed E-state index contributed by atoms with van der Waals surface area (Å²) in [6, 6.07) is 0.559. The molecule has 0 spiro atoms. The summed E-state index contributed by atoms with van der Waals surface area (Å²) in [7, 11) is 1.99. The molecule has 1 aromatic rings. The maximum atomic E-state index is 6.36. The third kappa shape index (κ3) is 4.29. The summed E-state index contributed by atoms with van der Waals surface area (Å²) in [6.45, 7) is 9.78. The minimum atomic E-state index is 0.559. The minimum absolute atomic E-state index is 0.559. The van der Waals surface area contributed by atoms with Gasteiger partial charge in [0.05, 0.1) is 16.4 Å². The largest absolute Gasteiger partial charge is 0.315 e. The van der Waals surface area contributed by atoms with E-state index < -0.39 is 0 Å². The Bertz CT molecular complexity index is 371. The van der Waals surface area contributed by atoms with Gasteiger partial charge in [-0.15, -0.1) is 0 Å². The van der Waals surface area contributed by atoms with Gasteiger partial charge in [0.1, 0.15) is 0 Å². The fraction of sp³-hybridized carbons (Fsp3) is 0.786. The summed E-state index contributed by atoms with van der Waals surface area (Å²) in [5.41, 5.74) is 2.19. The molecular formula is C14H26ClN3. The van der Waals surface area contributed by atoms with Gasteiger partial charge in [0.2, 0.25) is 0 Å². The van der Waals surface area contributed by atoms with Crippen molar-refractivity contribution in [2.45, 2.75) is 53.0 Å². The van der Waals surface area contributed by atoms with E-state index in [-0.39, 0.29) is 0 Å². The van der Waals surface area contributed by atoms with E-state index in [4.69, 9.17) is 11.6 Å². The van der Waals surface area contributed by atoms with Gasteiger partial charge in [0, 0.05) is 13.1 Å². The van der Waals surface area contributed by atoms with Crippen molar-refractivity contribution in [3.8, 4) is 0 Å². The fourth-order valence-corrected chi connectivity index (χ4v) is 2.46. The third-order valence-electron chi connectivity index (χ3n) is 3.23. The number of nitrogens with zero attached hydrogens (tertiary/aromatic N) is 2. The Morgan fingerprint density at radius 1 is 1.33 bits per heavy atom. The molecular weight excluding hydrogens is 246 g/mol. The van der Waals surface area contributed by atoms with Gasteiger partial charge in [-0.05, 0) is 31.7 Å². The molecule has 1 unspecified atom stereocenters. The molecule has 0 aliphatic rings. The standard InChI is InChI=1S/C14H26ClN3/c1-6-12-14(15)13(18(5)17-12)9-11(4)7-8-16-10(2)3/h10-11,16H,6-9H2,1-5H3. The Kier molecular flexibility index (Phi) is 6.16. The monoisotopic (exact) mass is 271 g/mol. The zero-order valence-corrected chi connectivity index (χ0v) is 13.0. The van der Waals surface area contributed by atoms with Crippen molar-refractivity contribution in [1.82, 2.24) is 15.1 Å². The van der Waals surface area contributed by atoms with Crippen LogP contribution in [0.15, 0.2) is 0 Å². The zero-order valence-electron chi connectivity index (χ0n) is 12.3. The first-order valence-electron chi connectivity index (χ1n) is 6.89. The van der Waals surface area contributed by atoms with Crippen LogP contribution in [-0.4, -0.2) is 22.4 Å². The number of halogens is 1. The van der Waals surface area contributed by atoms with E-state index in [1.54, 1.807) is 0 Å². The van der Waals surface area contributed by atoms with Crippen molar-refractivity contribution in [3.05, 3.63) is 16.4 Å². The normalized spacial score (nSPS) is 13.3. The lowest BCUT2D eigenvalue weighted by Gasteiger charge is -2.14. The summed E-state index contributed by atoms with van der Waals surface area (Å²) < 4.78 is 1.94. The summed E-state index contributed by atoms with van der Waals surface area (Å²) in [5.74, 6) is 0.619. The van der Waals surface area contributed by atoms with E-state index in [0.29, 0.717) is 12.0 Å². The first-order chi connectivity index (χ1) is 8.45. The van der Waals surface area contributed by atoms with Crippen LogP contribution in [0.5, 0.6) is 0 Å². The average molecular weight is 272 g/mol. The maximum Gasteiger partial charge on any atom is 0.0849 e. The molecule has 3 nitrogen and oxygen atoms in total. The van der Waals surface area contributed by atoms with Crippen LogP contribution < -0.4 is 5.32 Å². The minimum Gasteiger partial charge on any atom is -0.315 e. The zero-order chi connectivity index (χ0) is 13.7. The summed E-state index contributed by atoms with van der Waals surface area (Å²) >= 11 is 6.36. The highest BCUT2D eigenvalue weighted by atomic mass is 35.5. The first-order valence-corrected chi connectivity index (χ1v) is 7.27. The Hall–Kier alpha value is -0.540. The van der Waals surface area contributed by atoms with Crippen molar-refractivity contribution in [1.29, 1.82) is 0 Å². The van der Waals surface area contributed by atoms with Crippen LogP contribution in [0.2, 0.25) is 5.02 Å². The number of hydrogen-bond donors (Lipinski definition) is 1. The highest BCUT2D eigenvalue weighted by Gasteiger charge is 2.15. The van der Waals surface area contributed by atoms with Gasteiger partial charge in [-0.25, -0.2) is 0 Å². The SMILES string of the molecule is CCc1nn(C)c(CC(C)CCNC(C)C)c1Cl. The lowest BCUT2D eigenvalue weighted by molar-refractivity contribution is 0.466. The highest BCUT2D eigenvalue weighted by Crippen LogP contribution is 2.24. The van der Waals surface area contributed by atoms with Crippen molar-refractivity contribution in [2.75, 3.05) is 6.54 Å². The lowest BCUT2D eigenvalue weighted by atomic mass is 10.0. The smallest absolute Gasteiger partial charge is 0.0849 e. The molecule has 0 aliphatic heterocycles. The topological polar surface area (TPSA) is 29.9 Å². The van der Waals surface area contributed by atoms with Gasteiger partial charge < -0.3 is 5.32 Å². The van der Waals surface area contributed by atoms with E-state index in [1.807, 2.05) is 11.7 Å². The molecule has 0 saturated heterocycles. The predicted molar refractivity (Wildman–Crippen MR) is 78.2 cm³/mol. The van der Waals surface area contributed by atoms with Gasteiger partial charge in [0.15, 0.2) is 0 Å². The third-order valence-corrected chi connectivity index (χ3v) is 3.67. The summed E-state index contributed by atoms with van der Waals surface area (Å²) in [6.07, 6.45) is 3.07. The highest BCUT2D eigenvalue weighted by molar-refractivity contribution is 6.31. The van der Waals surface area contributed by atoms with E-state index in [0.717, 1.165) is 30.1 Å². The van der Waals surface area contributed by atoms with Crippen LogP contribution in [0.3, 0.4) is 0 Å². The number of rotatable bonds is 7. The van der Waals surface area contributed by atoms with Gasteiger partial charge in [-0.1, -0.05) is 39.3 Å². The molecule has 4 heteroatoms. The van der Waals surface area contributed by atoms with Gasteiger partial charge in [-0.3, -0.25) is 4.68 Å².